The summed E-state index contributed by atoms with van der Waals surface area (Å²) in [6.45, 7) is 2.56. The van der Waals surface area contributed by atoms with Crippen LogP contribution in [0.3, 0.4) is 0 Å². The van der Waals surface area contributed by atoms with Gasteiger partial charge in [0.2, 0.25) is 0 Å². The Bertz CT molecular complexity index is 833. The Morgan fingerprint density at radius 3 is 2.83 bits per heavy atom. The van der Waals surface area contributed by atoms with Gasteiger partial charge in [0.15, 0.2) is 4.80 Å². The molecule has 1 aliphatic carbocycles. The molecule has 0 bridgehead atoms. The quantitative estimate of drug-likeness (QED) is 0.752. The van der Waals surface area contributed by atoms with E-state index in [1.807, 2.05) is 22.8 Å². The van der Waals surface area contributed by atoms with Gasteiger partial charge in [-0.1, -0.05) is 11.3 Å². The van der Waals surface area contributed by atoms with E-state index in [2.05, 4.69) is 4.99 Å². The Morgan fingerprint density at radius 2 is 2.17 bits per heavy atom. The highest BCUT2D eigenvalue weighted by atomic mass is 32.1. The number of thiazole rings is 1. The van der Waals surface area contributed by atoms with Crippen LogP contribution in [0.5, 0.6) is 5.75 Å². The average Bonchev–Trinajstić information content (AvgIpc) is 3.36. The number of benzene rings is 1. The third-order valence-corrected chi connectivity index (χ3v) is 4.93. The monoisotopic (exact) mass is 348 g/mol. The highest BCUT2D eigenvalue weighted by Gasteiger charge is 2.29. The standard InChI is InChI=1S/C17H20N2O4S/c1-3-23-15(20)8-9-19-13-10-12(22-2)6-7-14(13)24-17(19)18-16(21)11-4-5-11/h6-7,10-11H,3-5,8-9H2,1-2H3. The lowest BCUT2D eigenvalue weighted by atomic mass is 10.3. The molecule has 0 atom stereocenters. The van der Waals surface area contributed by atoms with Crippen molar-refractivity contribution >= 4 is 33.4 Å². The van der Waals surface area contributed by atoms with E-state index in [0.717, 1.165) is 28.8 Å². The van der Waals surface area contributed by atoms with Crippen molar-refractivity contribution < 1.29 is 19.1 Å². The van der Waals surface area contributed by atoms with Gasteiger partial charge in [0.1, 0.15) is 5.75 Å². The summed E-state index contributed by atoms with van der Waals surface area (Å²) in [5.41, 5.74) is 0.908. The second-order valence-electron chi connectivity index (χ2n) is 5.65. The van der Waals surface area contributed by atoms with Crippen molar-refractivity contribution in [1.29, 1.82) is 0 Å². The number of esters is 1. The van der Waals surface area contributed by atoms with E-state index in [0.29, 0.717) is 18.0 Å². The maximum Gasteiger partial charge on any atom is 0.307 e. The van der Waals surface area contributed by atoms with Crippen molar-refractivity contribution in [2.45, 2.75) is 32.7 Å². The van der Waals surface area contributed by atoms with Crippen LogP contribution in [0.1, 0.15) is 26.2 Å². The van der Waals surface area contributed by atoms with Gasteiger partial charge >= 0.3 is 5.97 Å². The van der Waals surface area contributed by atoms with Crippen LogP contribution in [0.2, 0.25) is 0 Å². The van der Waals surface area contributed by atoms with E-state index in [9.17, 15) is 9.59 Å². The minimum atomic E-state index is -0.258. The third kappa shape index (κ3) is 3.67. The van der Waals surface area contributed by atoms with E-state index >= 15 is 0 Å². The van der Waals surface area contributed by atoms with Crippen molar-refractivity contribution in [1.82, 2.24) is 4.57 Å². The number of methoxy groups -OCH3 is 1. The predicted octanol–water partition coefficient (Wildman–Crippen LogP) is 2.50. The zero-order chi connectivity index (χ0) is 17.1. The number of amides is 1. The first-order valence-corrected chi connectivity index (χ1v) is 8.85. The van der Waals surface area contributed by atoms with E-state index in [1.165, 1.54) is 11.3 Å². The number of nitrogens with zero attached hydrogens (tertiary/aromatic N) is 2. The maximum absolute atomic E-state index is 12.1. The number of hydrogen-bond donors (Lipinski definition) is 0. The van der Waals surface area contributed by atoms with Gasteiger partial charge < -0.3 is 14.0 Å². The summed E-state index contributed by atoms with van der Waals surface area (Å²) in [4.78, 5) is 28.7. The maximum atomic E-state index is 12.1. The molecule has 7 heteroatoms. The predicted molar refractivity (Wildman–Crippen MR) is 90.9 cm³/mol. The Labute approximate surface area is 143 Å². The fraction of sp³-hybridized carbons (Fsp3) is 0.471. The minimum Gasteiger partial charge on any atom is -0.497 e. The molecule has 1 saturated carbocycles. The van der Waals surface area contributed by atoms with Gasteiger partial charge in [0.05, 0.1) is 30.4 Å². The molecule has 1 fully saturated rings. The Kier molecular flexibility index (Phi) is 4.99. The summed E-state index contributed by atoms with van der Waals surface area (Å²) in [5, 5.41) is 0. The minimum absolute atomic E-state index is 0.0709. The summed E-state index contributed by atoms with van der Waals surface area (Å²) in [6.07, 6.45) is 2.08. The van der Waals surface area contributed by atoms with Crippen LogP contribution in [0.15, 0.2) is 23.2 Å². The van der Waals surface area contributed by atoms with E-state index in [-0.39, 0.29) is 24.2 Å². The second kappa shape index (κ2) is 7.17. The Hall–Kier alpha value is -2.15. The largest absolute Gasteiger partial charge is 0.497 e. The summed E-state index contributed by atoms with van der Waals surface area (Å²) in [6, 6.07) is 5.72. The molecule has 128 valence electrons. The molecule has 0 unspecified atom stereocenters. The van der Waals surface area contributed by atoms with E-state index < -0.39 is 0 Å². The molecule has 0 spiro atoms. The molecule has 1 amide bonds. The molecular weight excluding hydrogens is 328 g/mol. The van der Waals surface area contributed by atoms with Gasteiger partial charge in [-0.3, -0.25) is 9.59 Å². The van der Waals surface area contributed by atoms with Crippen LogP contribution in [-0.2, 0) is 20.9 Å². The van der Waals surface area contributed by atoms with Crippen molar-refractivity contribution in [3.63, 3.8) is 0 Å². The first-order chi connectivity index (χ1) is 11.6. The summed E-state index contributed by atoms with van der Waals surface area (Å²) < 4.78 is 13.2. The van der Waals surface area contributed by atoms with Crippen molar-refractivity contribution in [3.8, 4) is 5.75 Å². The van der Waals surface area contributed by atoms with Gasteiger partial charge in [0, 0.05) is 18.5 Å². The highest BCUT2D eigenvalue weighted by Crippen LogP contribution is 2.30. The SMILES string of the molecule is CCOC(=O)CCn1c(=NC(=O)C2CC2)sc2ccc(OC)cc21. The number of rotatable bonds is 6. The number of aromatic nitrogens is 1. The fourth-order valence-electron chi connectivity index (χ4n) is 2.43. The Balaban J connectivity index is 1.99. The topological polar surface area (TPSA) is 69.9 Å². The molecule has 2 aromatic rings. The molecule has 1 aromatic heterocycles. The number of hydrogen-bond acceptors (Lipinski definition) is 5. The summed E-state index contributed by atoms with van der Waals surface area (Å²) in [5.74, 6) is 0.471. The Morgan fingerprint density at radius 1 is 1.38 bits per heavy atom. The molecule has 1 aromatic carbocycles. The molecular formula is C17H20N2O4S. The van der Waals surface area contributed by atoms with E-state index in [1.54, 1.807) is 14.0 Å². The zero-order valence-corrected chi connectivity index (χ0v) is 14.6. The molecule has 0 N–H and O–H groups in total. The molecule has 0 radical (unpaired) electrons. The lowest BCUT2D eigenvalue weighted by Gasteiger charge is -2.06. The van der Waals surface area contributed by atoms with Crippen LogP contribution >= 0.6 is 11.3 Å². The highest BCUT2D eigenvalue weighted by molar-refractivity contribution is 7.16. The van der Waals surface area contributed by atoms with Gasteiger partial charge in [-0.05, 0) is 31.9 Å². The molecule has 3 rings (SSSR count). The molecule has 1 heterocycles. The van der Waals surface area contributed by atoms with Gasteiger partial charge in [-0.25, -0.2) is 0 Å². The first-order valence-electron chi connectivity index (χ1n) is 8.04. The van der Waals surface area contributed by atoms with Gasteiger partial charge in [-0.15, -0.1) is 0 Å². The normalized spacial score (nSPS) is 14.8. The van der Waals surface area contributed by atoms with Crippen LogP contribution in [0.25, 0.3) is 10.2 Å². The lowest BCUT2D eigenvalue weighted by molar-refractivity contribution is -0.143. The van der Waals surface area contributed by atoms with Crippen LogP contribution in [-0.4, -0.2) is 30.2 Å². The third-order valence-electron chi connectivity index (χ3n) is 3.87. The molecule has 0 aliphatic heterocycles. The van der Waals surface area contributed by atoms with Crippen LogP contribution in [0.4, 0.5) is 0 Å². The summed E-state index contributed by atoms with van der Waals surface area (Å²) in [7, 11) is 1.61. The van der Waals surface area contributed by atoms with Gasteiger partial charge in [-0.2, -0.15) is 4.99 Å². The van der Waals surface area contributed by atoms with Crippen molar-refractivity contribution in [3.05, 3.63) is 23.0 Å². The van der Waals surface area contributed by atoms with Crippen molar-refractivity contribution in [2.75, 3.05) is 13.7 Å². The average molecular weight is 348 g/mol. The molecule has 0 saturated heterocycles. The number of carbonyl (C=O) groups is 2. The van der Waals surface area contributed by atoms with Gasteiger partial charge in [0.25, 0.3) is 5.91 Å². The molecule has 1 aliphatic rings. The van der Waals surface area contributed by atoms with Crippen LogP contribution in [0, 0.1) is 5.92 Å². The lowest BCUT2D eigenvalue weighted by Crippen LogP contribution is -2.19. The number of aryl methyl sites for hydroxylation is 1. The first kappa shape index (κ1) is 16.7. The molecule has 6 nitrogen and oxygen atoms in total. The fourth-order valence-corrected chi connectivity index (χ4v) is 3.47. The number of carbonyl (C=O) groups excluding carboxylic acids is 2. The van der Waals surface area contributed by atoms with E-state index in [4.69, 9.17) is 9.47 Å². The molecule has 24 heavy (non-hydrogen) atoms. The smallest absolute Gasteiger partial charge is 0.307 e. The van der Waals surface area contributed by atoms with Crippen LogP contribution < -0.4 is 9.54 Å². The number of ether oxygens (including phenoxy) is 2. The number of fused-ring (bicyclic) bond motifs is 1. The van der Waals surface area contributed by atoms with Crippen molar-refractivity contribution in [2.24, 2.45) is 10.9 Å². The zero-order valence-electron chi connectivity index (χ0n) is 13.8. The summed E-state index contributed by atoms with van der Waals surface area (Å²) >= 11 is 1.45. The second-order valence-corrected chi connectivity index (χ2v) is 6.66.